The summed E-state index contributed by atoms with van der Waals surface area (Å²) in [7, 11) is 0. The van der Waals surface area contributed by atoms with E-state index in [0.29, 0.717) is 17.1 Å². The minimum atomic E-state index is -0.308. The van der Waals surface area contributed by atoms with Crippen LogP contribution in [0.3, 0.4) is 0 Å². The van der Waals surface area contributed by atoms with Crippen molar-refractivity contribution in [2.75, 3.05) is 5.32 Å². The van der Waals surface area contributed by atoms with Crippen molar-refractivity contribution in [1.29, 1.82) is 0 Å². The van der Waals surface area contributed by atoms with Gasteiger partial charge in [-0.15, -0.1) is 11.3 Å². The van der Waals surface area contributed by atoms with Gasteiger partial charge in [-0.3, -0.25) is 9.59 Å². The normalized spacial score (nSPS) is 10.7. The van der Waals surface area contributed by atoms with E-state index in [2.05, 4.69) is 34.7 Å². The smallest absolute Gasteiger partial charge is 0.291 e. The third-order valence-electron chi connectivity index (χ3n) is 5.02. The van der Waals surface area contributed by atoms with Crippen molar-refractivity contribution in [2.45, 2.75) is 26.8 Å². The fourth-order valence-corrected chi connectivity index (χ4v) is 4.17. The van der Waals surface area contributed by atoms with Gasteiger partial charge >= 0.3 is 0 Å². The molecule has 32 heavy (non-hydrogen) atoms. The predicted octanol–water partition coefficient (Wildman–Crippen LogP) is 5.46. The molecule has 0 aliphatic carbocycles. The van der Waals surface area contributed by atoms with Gasteiger partial charge in [-0.2, -0.15) is 0 Å². The quantitative estimate of drug-likeness (QED) is 0.396. The molecular formula is C25H23N3O3S. The zero-order chi connectivity index (χ0) is 22.5. The van der Waals surface area contributed by atoms with Crippen LogP contribution in [0, 0.1) is 6.92 Å². The molecule has 7 heteroatoms. The standard InChI is InChI=1S/C25H23N3O3S/c1-3-17-6-10-19(11-7-17)25-27-16(2)22(32-25)24(30)26-15-18-8-12-20(13-9-18)28-23(29)21-5-4-14-31-21/h4-14H,3,15H2,1-2H3,(H,26,30)(H,28,29). The Labute approximate surface area is 190 Å². The van der Waals surface area contributed by atoms with Crippen molar-refractivity contribution in [3.8, 4) is 10.6 Å². The Hall–Kier alpha value is -3.71. The fraction of sp³-hybridized carbons (Fsp3) is 0.160. The van der Waals surface area contributed by atoms with E-state index in [1.165, 1.54) is 23.2 Å². The minimum absolute atomic E-state index is 0.147. The minimum Gasteiger partial charge on any atom is -0.459 e. The summed E-state index contributed by atoms with van der Waals surface area (Å²) in [6, 6.07) is 18.8. The molecule has 0 aliphatic heterocycles. The van der Waals surface area contributed by atoms with Gasteiger partial charge in [-0.25, -0.2) is 4.98 Å². The average Bonchev–Trinajstić information content (AvgIpc) is 3.49. The Morgan fingerprint density at radius 1 is 0.969 bits per heavy atom. The van der Waals surface area contributed by atoms with Crippen LogP contribution in [0.5, 0.6) is 0 Å². The Bertz CT molecular complexity index is 1210. The van der Waals surface area contributed by atoms with Crippen molar-refractivity contribution in [1.82, 2.24) is 10.3 Å². The molecule has 0 saturated carbocycles. The van der Waals surface area contributed by atoms with Crippen molar-refractivity contribution < 1.29 is 14.0 Å². The van der Waals surface area contributed by atoms with E-state index >= 15 is 0 Å². The Kier molecular flexibility index (Phi) is 6.47. The maximum absolute atomic E-state index is 12.7. The number of nitrogens with zero attached hydrogens (tertiary/aromatic N) is 1. The second-order valence-electron chi connectivity index (χ2n) is 7.30. The second kappa shape index (κ2) is 9.62. The highest BCUT2D eigenvalue weighted by Crippen LogP contribution is 2.28. The molecular weight excluding hydrogens is 422 g/mol. The largest absolute Gasteiger partial charge is 0.459 e. The molecule has 0 aliphatic rings. The highest BCUT2D eigenvalue weighted by molar-refractivity contribution is 7.17. The lowest BCUT2D eigenvalue weighted by atomic mass is 10.1. The summed E-state index contributed by atoms with van der Waals surface area (Å²) < 4.78 is 5.08. The van der Waals surface area contributed by atoms with Crippen molar-refractivity contribution in [3.63, 3.8) is 0 Å². The molecule has 0 spiro atoms. The van der Waals surface area contributed by atoms with E-state index in [-0.39, 0.29) is 17.6 Å². The first-order valence-corrected chi connectivity index (χ1v) is 11.1. The number of carbonyl (C=O) groups excluding carboxylic acids is 2. The Balaban J connectivity index is 1.36. The zero-order valence-corrected chi connectivity index (χ0v) is 18.7. The first kappa shape index (κ1) is 21.5. The van der Waals surface area contributed by atoms with Crippen LogP contribution in [0.4, 0.5) is 5.69 Å². The third-order valence-corrected chi connectivity index (χ3v) is 6.23. The average molecular weight is 446 g/mol. The molecule has 2 aromatic carbocycles. The van der Waals surface area contributed by atoms with E-state index in [4.69, 9.17) is 4.42 Å². The van der Waals surface area contributed by atoms with Gasteiger partial charge in [0.2, 0.25) is 0 Å². The molecule has 4 rings (SSSR count). The van der Waals surface area contributed by atoms with E-state index < -0.39 is 0 Å². The molecule has 0 unspecified atom stereocenters. The van der Waals surface area contributed by atoms with Gasteiger partial charge in [0.15, 0.2) is 5.76 Å². The number of benzene rings is 2. The van der Waals surface area contributed by atoms with Gasteiger partial charge in [0.25, 0.3) is 11.8 Å². The molecule has 2 N–H and O–H groups in total. The first-order chi connectivity index (χ1) is 15.5. The van der Waals surface area contributed by atoms with Crippen LogP contribution >= 0.6 is 11.3 Å². The number of aromatic nitrogens is 1. The summed E-state index contributed by atoms with van der Waals surface area (Å²) >= 11 is 1.40. The molecule has 0 bridgehead atoms. The molecule has 0 fully saturated rings. The summed E-state index contributed by atoms with van der Waals surface area (Å²) in [5.41, 5.74) is 4.58. The van der Waals surface area contributed by atoms with Gasteiger partial charge in [-0.1, -0.05) is 43.3 Å². The Morgan fingerprint density at radius 2 is 1.69 bits per heavy atom. The maximum Gasteiger partial charge on any atom is 0.291 e. The number of carbonyl (C=O) groups is 2. The zero-order valence-electron chi connectivity index (χ0n) is 17.8. The number of furan rings is 1. The summed E-state index contributed by atoms with van der Waals surface area (Å²) in [4.78, 5) is 29.9. The number of aryl methyl sites for hydroxylation is 2. The van der Waals surface area contributed by atoms with Crippen LogP contribution < -0.4 is 10.6 Å². The van der Waals surface area contributed by atoms with Gasteiger partial charge in [0.05, 0.1) is 12.0 Å². The number of hydrogen-bond acceptors (Lipinski definition) is 5. The van der Waals surface area contributed by atoms with Gasteiger partial charge in [0, 0.05) is 17.8 Å². The summed E-state index contributed by atoms with van der Waals surface area (Å²) in [6.45, 7) is 4.35. The molecule has 2 heterocycles. The van der Waals surface area contributed by atoms with E-state index in [0.717, 1.165) is 28.2 Å². The number of anilines is 1. The molecule has 0 saturated heterocycles. The van der Waals surface area contributed by atoms with Gasteiger partial charge < -0.3 is 15.1 Å². The SMILES string of the molecule is CCc1ccc(-c2nc(C)c(C(=O)NCc3ccc(NC(=O)c4ccco4)cc3)s2)cc1. The highest BCUT2D eigenvalue weighted by Gasteiger charge is 2.16. The van der Waals surface area contributed by atoms with Crippen molar-refractivity contribution in [2.24, 2.45) is 0 Å². The highest BCUT2D eigenvalue weighted by atomic mass is 32.1. The first-order valence-electron chi connectivity index (χ1n) is 10.3. The number of amides is 2. The van der Waals surface area contributed by atoms with Crippen LogP contribution in [-0.4, -0.2) is 16.8 Å². The molecule has 162 valence electrons. The number of hydrogen-bond donors (Lipinski definition) is 2. The number of thiazole rings is 1. The molecule has 0 atom stereocenters. The van der Waals surface area contributed by atoms with Crippen molar-refractivity contribution in [3.05, 3.63) is 94.4 Å². The molecule has 2 amide bonds. The molecule has 6 nitrogen and oxygen atoms in total. The fourth-order valence-electron chi connectivity index (χ4n) is 3.18. The van der Waals surface area contributed by atoms with Crippen LogP contribution in [-0.2, 0) is 13.0 Å². The lowest BCUT2D eigenvalue weighted by molar-refractivity contribution is 0.0953. The lowest BCUT2D eigenvalue weighted by Gasteiger charge is -2.07. The van der Waals surface area contributed by atoms with Crippen molar-refractivity contribution >= 4 is 28.8 Å². The third kappa shape index (κ3) is 4.95. The monoisotopic (exact) mass is 445 g/mol. The predicted molar refractivity (Wildman–Crippen MR) is 126 cm³/mol. The van der Waals surface area contributed by atoms with Gasteiger partial charge in [-0.05, 0) is 48.7 Å². The summed E-state index contributed by atoms with van der Waals surface area (Å²) in [6.07, 6.45) is 2.44. The lowest BCUT2D eigenvalue weighted by Crippen LogP contribution is -2.22. The molecule has 0 radical (unpaired) electrons. The summed E-state index contributed by atoms with van der Waals surface area (Å²) in [5.74, 6) is -0.203. The molecule has 2 aromatic heterocycles. The van der Waals surface area contributed by atoms with E-state index in [1.807, 2.05) is 31.2 Å². The summed E-state index contributed by atoms with van der Waals surface area (Å²) in [5, 5.41) is 6.56. The van der Waals surface area contributed by atoms with Crippen LogP contribution in [0.1, 0.15) is 44.0 Å². The van der Waals surface area contributed by atoms with Crippen LogP contribution in [0.2, 0.25) is 0 Å². The second-order valence-corrected chi connectivity index (χ2v) is 8.29. The Morgan fingerprint density at radius 3 is 2.34 bits per heavy atom. The maximum atomic E-state index is 12.7. The van der Waals surface area contributed by atoms with Crippen LogP contribution in [0.15, 0.2) is 71.3 Å². The van der Waals surface area contributed by atoms with E-state index in [1.54, 1.807) is 24.3 Å². The number of rotatable bonds is 7. The topological polar surface area (TPSA) is 84.2 Å². The molecule has 4 aromatic rings. The number of nitrogens with one attached hydrogen (secondary N) is 2. The van der Waals surface area contributed by atoms with Crippen LogP contribution in [0.25, 0.3) is 10.6 Å². The van der Waals surface area contributed by atoms with Gasteiger partial charge in [0.1, 0.15) is 9.88 Å². The van der Waals surface area contributed by atoms with E-state index in [9.17, 15) is 9.59 Å².